The molecule has 3 aliphatic rings. The molecule has 0 atom stereocenters. The Bertz CT molecular complexity index is 4870. The van der Waals surface area contributed by atoms with Crippen LogP contribution < -0.4 is 52.1 Å². The van der Waals surface area contributed by atoms with Gasteiger partial charge in [-0.25, -0.2) is 48.8 Å². The van der Waals surface area contributed by atoms with E-state index in [0.29, 0.717) is 83.6 Å². The molecule has 0 amide bonds. The van der Waals surface area contributed by atoms with Gasteiger partial charge in [0.1, 0.15) is 48.6 Å². The molecule has 6 heterocycles. The van der Waals surface area contributed by atoms with E-state index < -0.39 is 30.1 Å². The number of hydrogen-bond donors (Lipinski definition) is 2. The quantitative estimate of drug-likeness (QED) is 0.0723. The molecule has 0 fully saturated rings. The molecular weight excluding hydrogens is 1450 g/mol. The summed E-state index contributed by atoms with van der Waals surface area (Å²) in [5, 5.41) is 9.59. The molecule has 20 nitrogen and oxygen atoms in total. The monoisotopic (exact) mass is 1520 g/mol. The second-order valence-corrected chi connectivity index (χ2v) is 31.3. The predicted octanol–water partition coefficient (Wildman–Crippen LogP) is 16.0. The van der Waals surface area contributed by atoms with E-state index in [1.54, 1.807) is 110 Å². The van der Waals surface area contributed by atoms with E-state index in [1.807, 2.05) is 72.8 Å². The van der Waals surface area contributed by atoms with Crippen molar-refractivity contribution in [1.29, 1.82) is 0 Å². The number of aryl methyl sites for hydroxylation is 3. The van der Waals surface area contributed by atoms with E-state index in [4.69, 9.17) is 23.7 Å². The van der Waals surface area contributed by atoms with Gasteiger partial charge in [-0.3, -0.25) is 4.72 Å². The Kier molecular flexibility index (Phi) is 24.0. The Hall–Kier alpha value is -9.22. The number of methoxy groups -OCH3 is 2. The highest BCUT2D eigenvalue weighted by atomic mass is 79.9. The van der Waals surface area contributed by atoms with Gasteiger partial charge in [0.25, 0.3) is 30.1 Å². The van der Waals surface area contributed by atoms with Crippen LogP contribution in [0.3, 0.4) is 0 Å². The van der Waals surface area contributed by atoms with E-state index >= 15 is 0 Å². The van der Waals surface area contributed by atoms with Gasteiger partial charge < -0.3 is 38.8 Å². The van der Waals surface area contributed by atoms with Gasteiger partial charge in [0, 0.05) is 75.3 Å². The Labute approximate surface area is 604 Å². The summed E-state index contributed by atoms with van der Waals surface area (Å²) in [7, 11) is -8.27. The molecule has 0 radical (unpaired) electrons. The third kappa shape index (κ3) is 17.1. The molecule has 0 bridgehead atoms. The number of nitrogens with one attached hydrogen (secondary N) is 2. The van der Waals surface area contributed by atoms with Gasteiger partial charge in [0.2, 0.25) is 0 Å². The predicted molar refractivity (Wildman–Crippen MR) is 403 cm³/mol. The van der Waals surface area contributed by atoms with Crippen LogP contribution in [0.2, 0.25) is 0 Å². The molecule has 3 aliphatic heterocycles. The zero-order valence-electron chi connectivity index (χ0n) is 55.4. The fraction of sp³-hybridized carbons (Fsp3) is 0.219. The van der Waals surface area contributed by atoms with Crippen LogP contribution in [0.1, 0.15) is 48.6 Å². The first-order valence-electron chi connectivity index (χ1n) is 32.0. The van der Waals surface area contributed by atoms with E-state index in [-0.39, 0.29) is 27.8 Å². The van der Waals surface area contributed by atoms with Crippen LogP contribution in [0, 0.1) is 0 Å². The number of aromatic nitrogens is 3. The van der Waals surface area contributed by atoms with Crippen molar-refractivity contribution in [3.8, 4) is 28.7 Å². The minimum Gasteiger partial charge on any atom is -0.497 e. The van der Waals surface area contributed by atoms with Gasteiger partial charge in [-0.2, -0.15) is 0 Å². The van der Waals surface area contributed by atoms with Crippen LogP contribution >= 0.6 is 49.9 Å². The van der Waals surface area contributed by atoms with Gasteiger partial charge in [-0.1, -0.05) is 116 Å². The van der Waals surface area contributed by atoms with E-state index in [2.05, 4.69) is 114 Å². The van der Waals surface area contributed by atoms with E-state index in [1.165, 1.54) is 63.8 Å². The van der Waals surface area contributed by atoms with Crippen molar-refractivity contribution in [3.63, 3.8) is 0 Å². The zero-order valence-corrected chi connectivity index (χ0v) is 61.9. The van der Waals surface area contributed by atoms with Crippen LogP contribution in [0.4, 0.5) is 43.8 Å². The number of para-hydroxylation sites is 2. The third-order valence-corrected chi connectivity index (χ3v) is 24.5. The summed E-state index contributed by atoms with van der Waals surface area (Å²) in [4.78, 5) is 17.4. The average molecular weight is 1530 g/mol. The number of halogens is 1. The summed E-state index contributed by atoms with van der Waals surface area (Å²) in [5.74, 6) is 3.08. The van der Waals surface area contributed by atoms with Crippen LogP contribution in [-0.2, 0) is 62.4 Å². The minimum absolute atomic E-state index is 0.147. The molecule has 27 heteroatoms. The summed E-state index contributed by atoms with van der Waals surface area (Å²) in [6.07, 6.45) is 7.69. The van der Waals surface area contributed by atoms with Gasteiger partial charge in [0.15, 0.2) is 15.4 Å². The molecule has 0 spiro atoms. The molecule has 14 rings (SSSR count). The average Bonchev–Trinajstić information content (AvgIpc) is 0.958. The highest BCUT2D eigenvalue weighted by Crippen LogP contribution is 2.43. The van der Waals surface area contributed by atoms with Gasteiger partial charge in [-0.15, -0.1) is 34.0 Å². The third-order valence-electron chi connectivity index (χ3n) is 16.3. The fourth-order valence-corrected chi connectivity index (χ4v) is 18.1. The lowest BCUT2D eigenvalue weighted by Crippen LogP contribution is -2.32. The Morgan fingerprint density at radius 1 is 0.500 bits per heavy atom. The summed E-state index contributed by atoms with van der Waals surface area (Å²) in [5.41, 5.74) is 10.3. The van der Waals surface area contributed by atoms with E-state index in [9.17, 15) is 25.3 Å². The lowest BCUT2D eigenvalue weighted by molar-refractivity contribution is 0.313. The maximum atomic E-state index is 13.9. The van der Waals surface area contributed by atoms with Gasteiger partial charge >= 0.3 is 0 Å². The summed E-state index contributed by atoms with van der Waals surface area (Å²) >= 11 is 7.25. The van der Waals surface area contributed by atoms with Crippen LogP contribution in [0.15, 0.2) is 230 Å². The number of benzene rings is 8. The minimum atomic E-state index is -3.91. The number of nitrogens with zero attached hydrogens (tertiary/aromatic N) is 7. The van der Waals surface area contributed by atoms with Crippen LogP contribution in [0.5, 0.6) is 28.7 Å². The molecular formula is C73H74BrN9O11S6. The lowest BCUT2D eigenvalue weighted by Gasteiger charge is -2.33. The number of fused-ring (bicyclic) bond motifs is 3. The molecule has 2 N–H and O–H groups in total. The lowest BCUT2D eigenvalue weighted by atomic mass is 10.1. The normalized spacial score (nSPS) is 13.0. The van der Waals surface area contributed by atoms with Gasteiger partial charge in [-0.05, 0) is 126 Å². The van der Waals surface area contributed by atoms with Crippen molar-refractivity contribution in [3.05, 3.63) is 243 Å². The van der Waals surface area contributed by atoms with Crippen LogP contribution in [-0.4, -0.2) is 93.9 Å². The summed E-state index contributed by atoms with van der Waals surface area (Å²) in [6.45, 7) is 10.3. The number of ether oxygens (including phenoxy) is 5. The first kappa shape index (κ1) is 72.0. The Morgan fingerprint density at radius 3 is 1.40 bits per heavy atom. The highest BCUT2D eigenvalue weighted by Gasteiger charge is 2.32. The molecule has 0 aliphatic carbocycles. The largest absolute Gasteiger partial charge is 0.497 e. The molecule has 11 aromatic rings. The molecule has 520 valence electrons. The number of rotatable bonds is 20. The molecule has 0 saturated carbocycles. The first-order chi connectivity index (χ1) is 48.5. The van der Waals surface area contributed by atoms with E-state index in [0.717, 1.165) is 58.8 Å². The van der Waals surface area contributed by atoms with Gasteiger partial charge in [0.05, 0.1) is 72.1 Å². The molecule has 0 unspecified atom stereocenters. The maximum Gasteiger partial charge on any atom is 0.266 e. The number of thiazole rings is 3. The smallest absolute Gasteiger partial charge is 0.266 e. The van der Waals surface area contributed by atoms with Crippen molar-refractivity contribution >= 4 is 124 Å². The maximum absolute atomic E-state index is 13.9. The Morgan fingerprint density at radius 2 is 0.940 bits per heavy atom. The molecule has 3 aromatic heterocycles. The topological polar surface area (TPSA) is 224 Å². The van der Waals surface area contributed by atoms with Crippen molar-refractivity contribution < 1.29 is 48.9 Å². The zero-order chi connectivity index (χ0) is 70.2. The fourth-order valence-electron chi connectivity index (χ4n) is 11.1. The molecule has 0 saturated heterocycles. The summed E-state index contributed by atoms with van der Waals surface area (Å²) < 4.78 is 114. The number of anilines is 8. The van der Waals surface area contributed by atoms with Crippen molar-refractivity contribution in [1.82, 2.24) is 15.0 Å². The first-order valence-corrected chi connectivity index (χ1v) is 39.8. The second kappa shape index (κ2) is 33.3. The summed E-state index contributed by atoms with van der Waals surface area (Å²) in [6, 6.07) is 54.4. The second-order valence-electron chi connectivity index (χ2n) is 22.4. The Balaban J connectivity index is 0.000000143. The highest BCUT2D eigenvalue weighted by molar-refractivity contribution is 9.10. The van der Waals surface area contributed by atoms with Crippen molar-refractivity contribution in [2.24, 2.45) is 0 Å². The van der Waals surface area contributed by atoms with Crippen molar-refractivity contribution in [2.45, 2.75) is 67.8 Å². The molecule has 8 aromatic carbocycles. The number of sulfonamides is 3. The standard InChI is InChI=1S/C27H27N3O4S2.C19H19N3O4S2.C19H19N3O3S2.C8H9Br/c1-3-21-6-4-5-7-24(21)29-15-16-34-26-18-23(12-13-25(26)29)36(31,32)30(27-28-14-17-35-27)19-20-8-10-22(33-2)11-9-20;1-25-15-4-2-14(3-5-15)13-22(19-21-9-11-27-19)28(23,24)16-6-7-17-18(12-16)26-10-8-20-17;1-2-14-5-3-4-6-16(14)22-10-11-25-18-13-15(7-8-17(18)22)27(23,24)21-19-20-9-12-26-19;1-2-7-5-3-4-6-8(7)9/h4-14,17-18H,3,15-16,19H2,1-2H3;2-7,9,11-12,20H,8,10,13H2,1H3;3-9,12-13H,2,10-11H2,1H3,(H,20,21);3-6H,2H2,1H3. The molecule has 100 heavy (non-hydrogen) atoms. The number of hydrogen-bond acceptors (Lipinski definition) is 20. The SMILES string of the molecule is CCc1ccccc1Br.CCc1ccccc1N1CCOc2cc(S(=O)(=O)N(Cc3ccc(OC)cc3)c3nccs3)ccc21.CCc1ccccc1N1CCOc2cc(S(=O)(=O)Nc3nccs3)ccc21.COc1ccc(CN(c2nccs2)S(=O)(=O)c2ccc3c(c2)OCCN3)cc1. The van der Waals surface area contributed by atoms with Crippen LogP contribution in [0.25, 0.3) is 0 Å². The van der Waals surface area contributed by atoms with Crippen molar-refractivity contribution in [2.75, 3.05) is 82.1 Å².